The van der Waals surface area contributed by atoms with Gasteiger partial charge in [0.25, 0.3) is 0 Å². The minimum absolute atomic E-state index is 0.181. The number of rotatable bonds is 11. The van der Waals surface area contributed by atoms with E-state index in [1.165, 1.54) is 6.08 Å². The van der Waals surface area contributed by atoms with Crippen molar-refractivity contribution >= 4 is 35.2 Å². The van der Waals surface area contributed by atoms with Crippen LogP contribution in [0.3, 0.4) is 0 Å². The minimum Gasteiger partial charge on any atom is -0.493 e. The van der Waals surface area contributed by atoms with Gasteiger partial charge in [-0.2, -0.15) is 0 Å². The third kappa shape index (κ3) is 6.31. The molecule has 8 heteroatoms. The van der Waals surface area contributed by atoms with Crippen LogP contribution in [0.2, 0.25) is 5.02 Å². The third-order valence-electron chi connectivity index (χ3n) is 5.28. The summed E-state index contributed by atoms with van der Waals surface area (Å²) in [7, 11) is 7.82. The van der Waals surface area contributed by atoms with Crippen LogP contribution in [0.4, 0.5) is 5.69 Å². The van der Waals surface area contributed by atoms with Gasteiger partial charge in [-0.05, 0) is 35.9 Å². The third-order valence-corrected chi connectivity index (χ3v) is 5.52. The van der Waals surface area contributed by atoms with E-state index in [9.17, 15) is 4.79 Å². The van der Waals surface area contributed by atoms with Crippen molar-refractivity contribution in [3.05, 3.63) is 82.5 Å². The Kier molecular flexibility index (Phi) is 9.25. The maximum absolute atomic E-state index is 12.5. The summed E-state index contributed by atoms with van der Waals surface area (Å²) in [6.07, 6.45) is 6.81. The van der Waals surface area contributed by atoms with Crippen molar-refractivity contribution in [3.63, 3.8) is 0 Å². The van der Waals surface area contributed by atoms with Crippen molar-refractivity contribution in [2.45, 2.75) is 0 Å². The van der Waals surface area contributed by atoms with E-state index in [0.29, 0.717) is 45.0 Å². The van der Waals surface area contributed by atoms with Crippen LogP contribution in [0.5, 0.6) is 28.7 Å². The number of ketones is 1. The smallest absolute Gasteiger partial charge is 0.203 e. The standard InChI is InChI=1S/C28H28ClNO6/c1-32-24-16-19(10-9-18-13-26(34-3)28(36-5)27(14-18)35-4)22(17-25(24)33-2)30-12-11-23(31)20-7-6-8-21(29)15-20/h6-17,30H,1-5H3. The Bertz CT molecular complexity index is 1260. The summed E-state index contributed by atoms with van der Waals surface area (Å²) in [5.41, 5.74) is 2.82. The van der Waals surface area contributed by atoms with Crippen LogP contribution in [0.1, 0.15) is 21.5 Å². The normalized spacial score (nSPS) is 10.9. The number of carbonyl (C=O) groups excluding carboxylic acids is 1. The van der Waals surface area contributed by atoms with Gasteiger partial charge in [0.15, 0.2) is 28.8 Å². The van der Waals surface area contributed by atoms with Crippen LogP contribution in [-0.4, -0.2) is 41.3 Å². The zero-order valence-electron chi connectivity index (χ0n) is 20.8. The van der Waals surface area contributed by atoms with Crippen molar-refractivity contribution in [1.29, 1.82) is 0 Å². The summed E-state index contributed by atoms with van der Waals surface area (Å²) in [5, 5.41) is 3.66. The Balaban J connectivity index is 1.94. The van der Waals surface area contributed by atoms with E-state index in [4.69, 9.17) is 35.3 Å². The van der Waals surface area contributed by atoms with Crippen molar-refractivity contribution in [2.24, 2.45) is 0 Å². The van der Waals surface area contributed by atoms with E-state index in [1.54, 1.807) is 72.1 Å². The van der Waals surface area contributed by atoms with Gasteiger partial charge in [-0.1, -0.05) is 35.9 Å². The van der Waals surface area contributed by atoms with E-state index in [1.807, 2.05) is 30.4 Å². The maximum Gasteiger partial charge on any atom is 0.203 e. The van der Waals surface area contributed by atoms with Gasteiger partial charge in [-0.3, -0.25) is 4.79 Å². The van der Waals surface area contributed by atoms with Gasteiger partial charge in [-0.25, -0.2) is 0 Å². The highest BCUT2D eigenvalue weighted by Gasteiger charge is 2.13. The van der Waals surface area contributed by atoms with Gasteiger partial charge in [0, 0.05) is 40.2 Å². The first-order chi connectivity index (χ1) is 17.4. The molecule has 0 amide bonds. The highest BCUT2D eigenvalue weighted by Crippen LogP contribution is 2.39. The average molecular weight is 510 g/mol. The fourth-order valence-electron chi connectivity index (χ4n) is 3.49. The lowest BCUT2D eigenvalue weighted by atomic mass is 10.1. The molecule has 7 nitrogen and oxygen atoms in total. The van der Waals surface area contributed by atoms with Crippen LogP contribution in [0, 0.1) is 0 Å². The molecule has 0 aromatic heterocycles. The highest BCUT2D eigenvalue weighted by molar-refractivity contribution is 6.31. The molecule has 0 aliphatic carbocycles. The second-order valence-electron chi connectivity index (χ2n) is 7.44. The Morgan fingerprint density at radius 3 is 2.00 bits per heavy atom. The number of anilines is 1. The van der Waals surface area contributed by atoms with Gasteiger partial charge in [0.1, 0.15) is 0 Å². The molecular formula is C28H28ClNO6. The molecule has 0 unspecified atom stereocenters. The highest BCUT2D eigenvalue weighted by atomic mass is 35.5. The molecule has 3 rings (SSSR count). The fourth-order valence-corrected chi connectivity index (χ4v) is 3.68. The molecule has 0 heterocycles. The molecule has 0 aliphatic rings. The molecule has 0 fully saturated rings. The molecule has 3 aromatic rings. The Morgan fingerprint density at radius 2 is 1.42 bits per heavy atom. The second-order valence-corrected chi connectivity index (χ2v) is 7.88. The van der Waals surface area contributed by atoms with Crippen LogP contribution in [0.25, 0.3) is 12.2 Å². The summed E-state index contributed by atoms with van der Waals surface area (Å²) in [6.45, 7) is 0. The zero-order chi connectivity index (χ0) is 26.1. The lowest BCUT2D eigenvalue weighted by Gasteiger charge is -2.14. The van der Waals surface area contributed by atoms with Crippen molar-refractivity contribution in [3.8, 4) is 28.7 Å². The van der Waals surface area contributed by atoms with Gasteiger partial charge in [0.2, 0.25) is 5.75 Å². The minimum atomic E-state index is -0.181. The van der Waals surface area contributed by atoms with Crippen molar-refractivity contribution in [1.82, 2.24) is 0 Å². The van der Waals surface area contributed by atoms with Crippen LogP contribution in [0.15, 0.2) is 60.8 Å². The number of ether oxygens (including phenoxy) is 5. The summed E-state index contributed by atoms with van der Waals surface area (Å²) in [6, 6.07) is 14.1. The predicted molar refractivity (Wildman–Crippen MR) is 143 cm³/mol. The van der Waals surface area contributed by atoms with Crippen molar-refractivity contribution in [2.75, 3.05) is 40.9 Å². The first-order valence-electron chi connectivity index (χ1n) is 10.9. The number of nitrogens with one attached hydrogen (secondary N) is 1. The average Bonchev–Trinajstić information content (AvgIpc) is 2.90. The lowest BCUT2D eigenvalue weighted by molar-refractivity contribution is 0.104. The van der Waals surface area contributed by atoms with Crippen LogP contribution >= 0.6 is 11.6 Å². The molecule has 1 N–H and O–H groups in total. The quantitative estimate of drug-likeness (QED) is 0.183. The molecular weight excluding hydrogens is 482 g/mol. The monoisotopic (exact) mass is 509 g/mol. The van der Waals surface area contributed by atoms with Gasteiger partial charge >= 0.3 is 0 Å². The predicted octanol–water partition coefficient (Wildman–Crippen LogP) is 6.36. The number of methoxy groups -OCH3 is 5. The number of hydrogen-bond donors (Lipinski definition) is 1. The molecule has 36 heavy (non-hydrogen) atoms. The number of halogens is 1. The molecule has 0 saturated carbocycles. The van der Waals surface area contributed by atoms with E-state index in [0.717, 1.165) is 11.1 Å². The zero-order valence-corrected chi connectivity index (χ0v) is 21.5. The molecule has 0 aliphatic heterocycles. The Labute approximate surface area is 215 Å². The molecule has 0 saturated heterocycles. The number of carbonyl (C=O) groups is 1. The van der Waals surface area contributed by atoms with E-state index < -0.39 is 0 Å². The molecule has 0 bridgehead atoms. The van der Waals surface area contributed by atoms with Gasteiger partial charge < -0.3 is 29.0 Å². The van der Waals surface area contributed by atoms with E-state index in [2.05, 4.69) is 5.32 Å². The summed E-state index contributed by atoms with van der Waals surface area (Å²) >= 11 is 5.99. The SMILES string of the molecule is COc1cc(C=Cc2cc(OC)c(OC)c(OC)c2)c(NC=CC(=O)c2cccc(Cl)c2)cc1OC. The summed E-state index contributed by atoms with van der Waals surface area (Å²) < 4.78 is 27.2. The summed E-state index contributed by atoms with van der Waals surface area (Å²) in [4.78, 5) is 12.5. The topological polar surface area (TPSA) is 75.3 Å². The van der Waals surface area contributed by atoms with Crippen LogP contribution in [-0.2, 0) is 0 Å². The number of allylic oxidation sites excluding steroid dienone is 1. The Hall–Kier alpha value is -4.10. The van der Waals surface area contributed by atoms with E-state index in [-0.39, 0.29) is 5.78 Å². The number of benzene rings is 3. The first kappa shape index (κ1) is 26.5. The molecule has 0 radical (unpaired) electrons. The summed E-state index contributed by atoms with van der Waals surface area (Å²) in [5.74, 6) is 2.53. The Morgan fingerprint density at radius 1 is 0.778 bits per heavy atom. The fraction of sp³-hybridized carbons (Fsp3) is 0.179. The maximum atomic E-state index is 12.5. The molecule has 0 atom stereocenters. The second kappa shape index (κ2) is 12.6. The van der Waals surface area contributed by atoms with Gasteiger partial charge in [-0.15, -0.1) is 0 Å². The molecule has 0 spiro atoms. The van der Waals surface area contributed by atoms with Crippen molar-refractivity contribution < 1.29 is 28.5 Å². The lowest BCUT2D eigenvalue weighted by Crippen LogP contribution is -1.99. The van der Waals surface area contributed by atoms with E-state index >= 15 is 0 Å². The van der Waals surface area contributed by atoms with Gasteiger partial charge in [0.05, 0.1) is 35.5 Å². The number of hydrogen-bond acceptors (Lipinski definition) is 7. The largest absolute Gasteiger partial charge is 0.493 e. The molecule has 3 aromatic carbocycles. The van der Waals surface area contributed by atoms with Crippen LogP contribution < -0.4 is 29.0 Å². The first-order valence-corrected chi connectivity index (χ1v) is 11.3. The molecule has 188 valence electrons.